The number of nitrogens with one attached hydrogen (secondary N) is 3. The summed E-state index contributed by atoms with van der Waals surface area (Å²) in [6, 6.07) is 21.3. The summed E-state index contributed by atoms with van der Waals surface area (Å²) in [5, 5.41) is 9.42. The lowest BCUT2D eigenvalue weighted by Crippen LogP contribution is -2.55. The number of thioether (sulfide) groups is 1. The number of imidazole rings is 2. The maximum Gasteiger partial charge on any atom is 0.462 e. The number of rotatable bonds is 21. The summed E-state index contributed by atoms with van der Waals surface area (Å²) in [7, 11) is 7.80. The van der Waals surface area contributed by atoms with Crippen molar-refractivity contribution in [3.63, 3.8) is 0 Å². The van der Waals surface area contributed by atoms with Crippen LogP contribution >= 0.6 is 11.8 Å². The molecule has 1 aliphatic rings. The maximum absolute atomic E-state index is 14.3. The zero-order valence-corrected chi connectivity index (χ0v) is 40.9. The molecular weight excluding hydrogens is 873 g/mol. The number of likely N-dealkylation sites (N-methyl/N-ethyl adjacent to an activating group) is 1. The first-order valence-corrected chi connectivity index (χ1v) is 24.1. The van der Waals surface area contributed by atoms with Crippen molar-refractivity contribution in [2.75, 3.05) is 45.0 Å². The van der Waals surface area contributed by atoms with Crippen molar-refractivity contribution in [2.45, 2.75) is 83.1 Å². The van der Waals surface area contributed by atoms with Gasteiger partial charge in [0.1, 0.15) is 23.9 Å². The van der Waals surface area contributed by atoms with E-state index in [2.05, 4.69) is 25.1 Å². The van der Waals surface area contributed by atoms with Crippen LogP contribution in [0.2, 0.25) is 0 Å². The van der Waals surface area contributed by atoms with Gasteiger partial charge in [-0.3, -0.25) is 28.8 Å². The zero-order chi connectivity index (χ0) is 48.4. The average Bonchev–Trinajstić information content (AvgIpc) is 3.97. The SMILES string of the molecule is CCCN(CC(=O)N[C@@H](CSc1n(C)c2ccccc2[n+]1C)C(=O)NCC)C(=O)C1CCCN1C(=O)CN(CCC)C(=O)[C@H](Cc1ccc(Oc2n(C)c3ccccc3[n+]2C)cc1)NC(C)=O. The highest BCUT2D eigenvalue weighted by Crippen LogP contribution is 2.25. The largest absolute Gasteiger partial charge is 0.462 e. The van der Waals surface area contributed by atoms with E-state index in [4.69, 9.17) is 4.74 Å². The van der Waals surface area contributed by atoms with Crippen LogP contribution in [-0.4, -0.2) is 122 Å². The van der Waals surface area contributed by atoms with E-state index in [0.29, 0.717) is 50.5 Å². The number of carbonyl (C=O) groups is 6. The number of hydrogen-bond donors (Lipinski definition) is 3. The monoisotopic (exact) mass is 938 g/mol. The molecule has 5 aromatic rings. The third-order valence-electron chi connectivity index (χ3n) is 12.1. The minimum atomic E-state index is -0.953. The Labute approximate surface area is 396 Å². The summed E-state index contributed by atoms with van der Waals surface area (Å²) in [5.74, 6) is -1.50. The highest BCUT2D eigenvalue weighted by atomic mass is 32.2. The average molecular weight is 939 g/mol. The molecule has 67 heavy (non-hydrogen) atoms. The van der Waals surface area contributed by atoms with Gasteiger partial charge >= 0.3 is 11.2 Å². The smallest absolute Gasteiger partial charge is 0.392 e. The third-order valence-corrected chi connectivity index (χ3v) is 13.4. The van der Waals surface area contributed by atoms with Crippen LogP contribution < -0.4 is 29.8 Å². The first-order valence-electron chi connectivity index (χ1n) is 23.1. The van der Waals surface area contributed by atoms with Gasteiger partial charge in [0.25, 0.3) is 0 Å². The van der Waals surface area contributed by atoms with Crippen molar-refractivity contribution >= 4 is 69.3 Å². The Hall–Kier alpha value is -6.43. The summed E-state index contributed by atoms with van der Waals surface area (Å²) in [6.45, 7) is 7.63. The zero-order valence-electron chi connectivity index (χ0n) is 40.0. The number of likely N-dealkylation sites (tertiary alicyclic amines) is 1. The van der Waals surface area contributed by atoms with E-state index in [1.165, 1.54) is 33.4 Å². The predicted molar refractivity (Wildman–Crippen MR) is 256 cm³/mol. The fourth-order valence-corrected chi connectivity index (χ4v) is 10.0. The van der Waals surface area contributed by atoms with Gasteiger partial charge in [0.15, 0.2) is 22.1 Å². The molecule has 1 saturated heterocycles. The molecule has 0 bridgehead atoms. The molecule has 6 rings (SSSR count). The Kier molecular flexibility index (Phi) is 17.0. The van der Waals surface area contributed by atoms with E-state index in [0.717, 1.165) is 32.8 Å². The van der Waals surface area contributed by atoms with Crippen LogP contribution in [-0.2, 0) is 63.4 Å². The van der Waals surface area contributed by atoms with E-state index in [1.807, 2.05) is 131 Å². The van der Waals surface area contributed by atoms with Crippen LogP contribution in [0.1, 0.15) is 58.9 Å². The Morgan fingerprint density at radius 1 is 0.791 bits per heavy atom. The second-order valence-corrected chi connectivity index (χ2v) is 18.1. The molecule has 0 saturated carbocycles. The Morgan fingerprint density at radius 3 is 2.03 bits per heavy atom. The summed E-state index contributed by atoms with van der Waals surface area (Å²) < 4.78 is 14.3. The van der Waals surface area contributed by atoms with Gasteiger partial charge in [0, 0.05) is 45.3 Å². The molecule has 1 aliphatic heterocycles. The third kappa shape index (κ3) is 11.8. The van der Waals surface area contributed by atoms with E-state index in [-0.39, 0.29) is 56.1 Å². The number of ether oxygens (including phenoxy) is 1. The van der Waals surface area contributed by atoms with Crippen molar-refractivity contribution in [3.05, 3.63) is 78.4 Å². The molecule has 358 valence electrons. The van der Waals surface area contributed by atoms with Gasteiger partial charge in [-0.25, -0.2) is 9.13 Å². The quantitative estimate of drug-likeness (QED) is 0.0744. The maximum atomic E-state index is 14.3. The molecule has 0 aliphatic carbocycles. The highest BCUT2D eigenvalue weighted by Gasteiger charge is 2.39. The summed E-state index contributed by atoms with van der Waals surface area (Å²) in [6.07, 6.45) is 2.28. The Balaban J connectivity index is 1.10. The minimum Gasteiger partial charge on any atom is -0.392 e. The first kappa shape index (κ1) is 50.0. The molecule has 0 spiro atoms. The van der Waals surface area contributed by atoms with Gasteiger partial charge in [-0.1, -0.05) is 50.2 Å². The van der Waals surface area contributed by atoms with E-state index < -0.39 is 35.8 Å². The second kappa shape index (κ2) is 22.8. The molecule has 3 atom stereocenters. The Morgan fingerprint density at radius 2 is 1.42 bits per heavy atom. The van der Waals surface area contributed by atoms with Gasteiger partial charge in [-0.15, -0.1) is 0 Å². The number of aryl methyl sites for hydroxylation is 4. The number of aromatic nitrogens is 4. The van der Waals surface area contributed by atoms with Crippen LogP contribution in [0, 0.1) is 0 Å². The Bertz CT molecular complexity index is 2510. The fourth-order valence-electron chi connectivity index (χ4n) is 8.87. The lowest BCUT2D eigenvalue weighted by Gasteiger charge is -2.33. The number of fused-ring (bicyclic) bond motifs is 2. The predicted octanol–water partition coefficient (Wildman–Crippen LogP) is 3.04. The first-order chi connectivity index (χ1) is 32.2. The van der Waals surface area contributed by atoms with E-state index in [1.54, 1.807) is 0 Å². The normalized spacial score (nSPS) is 14.4. The summed E-state index contributed by atoms with van der Waals surface area (Å²) in [5.41, 5.74) is 4.90. The minimum absolute atomic E-state index is 0.176. The van der Waals surface area contributed by atoms with E-state index >= 15 is 0 Å². The molecule has 0 radical (unpaired) electrons. The summed E-state index contributed by atoms with van der Waals surface area (Å²) in [4.78, 5) is 86.5. The number of carbonyl (C=O) groups excluding carboxylic acids is 6. The standard InChI is InChI=1S/C49H64N10O7S/c1-9-26-57(30-43(61)52-37(45(63)50-11-3)32-67-49-55(7)40-19-14-15-20-41(40)56(49)8)47(65)42-21-16-28-59(42)44(62)31-58(27-10-2)46(64)36(51-33(4)60)29-34-22-24-35(25-23-34)66-48-53(5)38-17-12-13-18-39(38)54(48)6/h12-15,17-20,22-25,36-37,42H,9-11,16,21,26-32H2,1-8H3,(H-2,50,51,52,60,61,63)/p+2/t36-,37-,42?/m0/s1. The van der Waals surface area contributed by atoms with Gasteiger partial charge in [0.2, 0.25) is 35.4 Å². The molecule has 1 fully saturated rings. The summed E-state index contributed by atoms with van der Waals surface area (Å²) >= 11 is 1.45. The van der Waals surface area contributed by atoms with Crippen LogP contribution in [0.15, 0.2) is 78.0 Å². The van der Waals surface area contributed by atoms with Crippen molar-refractivity contribution < 1.29 is 42.6 Å². The topological polar surface area (TPSA) is 175 Å². The molecule has 3 N–H and O–H groups in total. The fraction of sp³-hybridized carbons (Fsp3) is 0.469. The molecule has 2 aromatic heterocycles. The molecule has 18 heteroatoms. The van der Waals surface area contributed by atoms with Crippen molar-refractivity contribution in [2.24, 2.45) is 28.2 Å². The van der Waals surface area contributed by atoms with Crippen molar-refractivity contribution in [3.8, 4) is 11.8 Å². The van der Waals surface area contributed by atoms with Gasteiger partial charge in [0.05, 0.1) is 41.3 Å². The number of para-hydroxylation sites is 4. The van der Waals surface area contributed by atoms with Crippen LogP contribution in [0.5, 0.6) is 11.8 Å². The van der Waals surface area contributed by atoms with E-state index in [9.17, 15) is 28.8 Å². The molecular formula is C49H66N10O7S+2. The molecule has 3 heterocycles. The molecule has 17 nitrogen and oxygen atoms in total. The van der Waals surface area contributed by atoms with Gasteiger partial charge in [-0.05, 0) is 86.3 Å². The number of nitrogens with zero attached hydrogens (tertiary/aromatic N) is 7. The molecule has 6 amide bonds. The lowest BCUT2D eigenvalue weighted by molar-refractivity contribution is -0.685. The van der Waals surface area contributed by atoms with Crippen molar-refractivity contribution in [1.29, 1.82) is 0 Å². The van der Waals surface area contributed by atoms with Crippen LogP contribution in [0.4, 0.5) is 0 Å². The van der Waals surface area contributed by atoms with Crippen LogP contribution in [0.3, 0.4) is 0 Å². The van der Waals surface area contributed by atoms with Crippen molar-refractivity contribution in [1.82, 2.24) is 39.8 Å². The highest BCUT2D eigenvalue weighted by molar-refractivity contribution is 7.99. The van der Waals surface area contributed by atoms with Crippen LogP contribution in [0.25, 0.3) is 22.1 Å². The number of benzene rings is 3. The second-order valence-electron chi connectivity index (χ2n) is 17.1. The number of amides is 6. The van der Waals surface area contributed by atoms with Gasteiger partial charge < -0.3 is 35.4 Å². The number of hydrogen-bond acceptors (Lipinski definition) is 8. The van der Waals surface area contributed by atoms with Gasteiger partial charge in [-0.2, -0.15) is 9.13 Å². The molecule has 3 aromatic carbocycles. The lowest BCUT2D eigenvalue weighted by atomic mass is 10.0. The molecule has 1 unspecified atom stereocenters.